The van der Waals surface area contributed by atoms with Gasteiger partial charge in [0.1, 0.15) is 17.8 Å². The quantitative estimate of drug-likeness (QED) is 0.376. The number of rotatable bonds is 5. The molecule has 0 saturated carbocycles. The number of carbonyl (C=O) groups excluding carboxylic acids is 2. The van der Waals surface area contributed by atoms with E-state index < -0.39 is 0 Å². The average Bonchev–Trinajstić information content (AvgIpc) is 3.04. The summed E-state index contributed by atoms with van der Waals surface area (Å²) in [5.74, 6) is 0.400. The topological polar surface area (TPSA) is 101 Å². The van der Waals surface area contributed by atoms with Crippen LogP contribution >= 0.6 is 0 Å². The third-order valence-electron chi connectivity index (χ3n) is 6.08. The Hall–Kier alpha value is -4.46. The molecule has 0 unspecified atom stereocenters. The summed E-state index contributed by atoms with van der Waals surface area (Å²) in [7, 11) is 1.98. The molecule has 35 heavy (non-hydrogen) atoms. The van der Waals surface area contributed by atoms with Crippen molar-refractivity contribution in [1.82, 2.24) is 19.9 Å². The van der Waals surface area contributed by atoms with Crippen LogP contribution in [0.3, 0.4) is 0 Å². The van der Waals surface area contributed by atoms with Crippen LogP contribution in [0.15, 0.2) is 61.4 Å². The minimum atomic E-state index is -0.258. The molecule has 2 aromatic carbocycles. The van der Waals surface area contributed by atoms with Gasteiger partial charge in [-0.2, -0.15) is 0 Å². The predicted molar refractivity (Wildman–Crippen MR) is 138 cm³/mol. The van der Waals surface area contributed by atoms with Gasteiger partial charge in [0.2, 0.25) is 5.91 Å². The van der Waals surface area contributed by atoms with Crippen LogP contribution in [-0.2, 0) is 18.4 Å². The molecule has 176 valence electrons. The van der Waals surface area contributed by atoms with E-state index in [-0.39, 0.29) is 17.9 Å². The minimum absolute atomic E-state index is 0.0542. The molecule has 2 amide bonds. The van der Waals surface area contributed by atoms with Crippen molar-refractivity contribution < 1.29 is 9.59 Å². The van der Waals surface area contributed by atoms with Gasteiger partial charge in [0, 0.05) is 36.4 Å². The Morgan fingerprint density at radius 3 is 2.63 bits per heavy atom. The van der Waals surface area contributed by atoms with E-state index in [9.17, 15) is 9.59 Å². The Kier molecular flexibility index (Phi) is 5.56. The van der Waals surface area contributed by atoms with Crippen LogP contribution < -0.4 is 16.0 Å². The number of nitrogens with zero attached hydrogens (tertiary/aromatic N) is 3. The zero-order valence-electron chi connectivity index (χ0n) is 19.8. The number of aryl methyl sites for hydroxylation is 1. The van der Waals surface area contributed by atoms with E-state index in [0.717, 1.165) is 44.8 Å². The predicted octanol–water partition coefficient (Wildman–Crippen LogP) is 4.49. The molecule has 5 rings (SSSR count). The number of aromatic nitrogens is 3. The fourth-order valence-electron chi connectivity index (χ4n) is 4.54. The summed E-state index contributed by atoms with van der Waals surface area (Å²) in [6.07, 6.45) is 2.80. The van der Waals surface area contributed by atoms with Crippen LogP contribution in [0.4, 0.5) is 11.5 Å². The molecule has 0 radical (unpaired) electrons. The van der Waals surface area contributed by atoms with E-state index in [0.29, 0.717) is 17.8 Å². The molecule has 0 bridgehead atoms. The smallest absolute Gasteiger partial charge is 0.251 e. The van der Waals surface area contributed by atoms with Crippen LogP contribution in [0.1, 0.15) is 29.8 Å². The lowest BCUT2D eigenvalue weighted by atomic mass is 9.94. The van der Waals surface area contributed by atoms with E-state index in [1.165, 1.54) is 6.08 Å². The van der Waals surface area contributed by atoms with Gasteiger partial charge < -0.3 is 20.5 Å². The van der Waals surface area contributed by atoms with E-state index in [1.54, 1.807) is 6.33 Å². The monoisotopic (exact) mass is 466 g/mol. The highest BCUT2D eigenvalue weighted by molar-refractivity contribution is 6.10. The molecule has 3 N–H and O–H groups in total. The number of hydrogen-bond acceptors (Lipinski definition) is 5. The molecule has 8 heteroatoms. The van der Waals surface area contributed by atoms with Crippen molar-refractivity contribution in [3.05, 3.63) is 72.6 Å². The summed E-state index contributed by atoms with van der Waals surface area (Å²) in [6, 6.07) is 13.5. The lowest BCUT2D eigenvalue weighted by Gasteiger charge is -2.14. The highest BCUT2D eigenvalue weighted by Crippen LogP contribution is 2.45. The van der Waals surface area contributed by atoms with Gasteiger partial charge in [-0.1, -0.05) is 24.8 Å². The summed E-state index contributed by atoms with van der Waals surface area (Å²) >= 11 is 0. The van der Waals surface area contributed by atoms with Crippen LogP contribution in [-0.4, -0.2) is 32.4 Å². The zero-order chi connectivity index (χ0) is 24.7. The number of nitrogens with one attached hydrogen (secondary N) is 3. The summed E-state index contributed by atoms with van der Waals surface area (Å²) in [5, 5.41) is 10.1. The first kappa shape index (κ1) is 22.3. The lowest BCUT2D eigenvalue weighted by molar-refractivity contribution is -0.111. The molecule has 0 aliphatic carbocycles. The van der Waals surface area contributed by atoms with Gasteiger partial charge >= 0.3 is 0 Å². The summed E-state index contributed by atoms with van der Waals surface area (Å²) in [6.45, 7) is 7.92. The SMILES string of the molecule is C=CC(=O)Nc1ccc(-c2c3c4c(ncnc4n2C)NCc2cc(C(=O)NC(C)C)ccc2-3)cc1. The van der Waals surface area contributed by atoms with Gasteiger partial charge in [-0.15, -0.1) is 0 Å². The first-order valence-electron chi connectivity index (χ1n) is 11.4. The third-order valence-corrected chi connectivity index (χ3v) is 6.08. The third kappa shape index (κ3) is 3.93. The van der Waals surface area contributed by atoms with Crippen molar-refractivity contribution in [1.29, 1.82) is 0 Å². The molecule has 4 aromatic rings. The second-order valence-corrected chi connectivity index (χ2v) is 8.83. The molecule has 0 spiro atoms. The minimum Gasteiger partial charge on any atom is -0.365 e. The largest absolute Gasteiger partial charge is 0.365 e. The van der Waals surface area contributed by atoms with Gasteiger partial charge in [-0.25, -0.2) is 9.97 Å². The van der Waals surface area contributed by atoms with Crippen molar-refractivity contribution in [2.75, 3.05) is 10.6 Å². The van der Waals surface area contributed by atoms with Crippen molar-refractivity contribution in [2.45, 2.75) is 26.4 Å². The molecule has 1 aliphatic heterocycles. The highest BCUT2D eigenvalue weighted by atomic mass is 16.2. The number of amides is 2. The maximum absolute atomic E-state index is 12.7. The number of anilines is 2. The first-order chi connectivity index (χ1) is 16.9. The second kappa shape index (κ2) is 8.72. The summed E-state index contributed by atoms with van der Waals surface area (Å²) in [5.41, 5.74) is 7.10. The Bertz CT molecular complexity index is 1480. The lowest BCUT2D eigenvalue weighted by Crippen LogP contribution is -2.30. The molecule has 1 aliphatic rings. The highest BCUT2D eigenvalue weighted by Gasteiger charge is 2.27. The van der Waals surface area contributed by atoms with Crippen LogP contribution in [0.2, 0.25) is 0 Å². The first-order valence-corrected chi connectivity index (χ1v) is 11.4. The average molecular weight is 467 g/mol. The number of carbonyl (C=O) groups is 2. The van der Waals surface area contributed by atoms with Crippen molar-refractivity contribution in [3.63, 3.8) is 0 Å². The molecule has 3 heterocycles. The van der Waals surface area contributed by atoms with E-state index in [2.05, 4.69) is 37.1 Å². The fourth-order valence-corrected chi connectivity index (χ4v) is 4.54. The van der Waals surface area contributed by atoms with Crippen LogP contribution in [0.5, 0.6) is 0 Å². The molecule has 2 aromatic heterocycles. The molecule has 0 saturated heterocycles. The number of benzene rings is 2. The number of fused-ring (bicyclic) bond motifs is 2. The maximum atomic E-state index is 12.7. The fraction of sp³-hybridized carbons (Fsp3) is 0.185. The normalized spacial score (nSPS) is 12.0. The molecule has 0 atom stereocenters. The molecular weight excluding hydrogens is 440 g/mol. The maximum Gasteiger partial charge on any atom is 0.251 e. The van der Waals surface area contributed by atoms with E-state index in [4.69, 9.17) is 0 Å². The second-order valence-electron chi connectivity index (χ2n) is 8.83. The standard InChI is InChI=1S/C27H26N6O2/c1-5-21(34)32-19-9-6-16(7-10-19)24-22-20-11-8-17(27(35)31-15(2)3)12-18(20)13-28-25-23(22)26(33(24)4)30-14-29-25/h5-12,14-15H,1,13H2,2-4H3,(H,31,35)(H,32,34)(H,28,29,30). The Morgan fingerprint density at radius 2 is 1.91 bits per heavy atom. The Morgan fingerprint density at radius 1 is 1.14 bits per heavy atom. The van der Waals surface area contributed by atoms with Crippen LogP contribution in [0.25, 0.3) is 33.4 Å². The van der Waals surface area contributed by atoms with Crippen molar-refractivity contribution in [2.24, 2.45) is 7.05 Å². The summed E-state index contributed by atoms with van der Waals surface area (Å²) in [4.78, 5) is 33.4. The van der Waals surface area contributed by atoms with E-state index in [1.807, 2.05) is 63.4 Å². The van der Waals surface area contributed by atoms with Gasteiger partial charge in [-0.3, -0.25) is 9.59 Å². The van der Waals surface area contributed by atoms with Crippen LogP contribution in [0, 0.1) is 0 Å². The molecular formula is C27H26N6O2. The van der Waals surface area contributed by atoms with Gasteiger partial charge in [0.05, 0.1) is 11.1 Å². The van der Waals surface area contributed by atoms with Crippen molar-refractivity contribution in [3.8, 4) is 22.4 Å². The van der Waals surface area contributed by atoms with Crippen molar-refractivity contribution >= 4 is 34.4 Å². The Labute approximate surface area is 203 Å². The van der Waals surface area contributed by atoms with Gasteiger partial charge in [0.25, 0.3) is 5.91 Å². The van der Waals surface area contributed by atoms with Gasteiger partial charge in [0.15, 0.2) is 0 Å². The number of hydrogen-bond donors (Lipinski definition) is 3. The molecule has 8 nitrogen and oxygen atoms in total. The Balaban J connectivity index is 1.68. The zero-order valence-corrected chi connectivity index (χ0v) is 19.8. The molecule has 0 fully saturated rings. The van der Waals surface area contributed by atoms with Gasteiger partial charge in [-0.05, 0) is 60.9 Å². The summed E-state index contributed by atoms with van der Waals surface area (Å²) < 4.78 is 2.06. The van der Waals surface area contributed by atoms with E-state index >= 15 is 0 Å².